The van der Waals surface area contributed by atoms with Gasteiger partial charge in [-0.15, -0.1) is 0 Å². The van der Waals surface area contributed by atoms with Crippen molar-refractivity contribution in [2.75, 3.05) is 13.6 Å². The summed E-state index contributed by atoms with van der Waals surface area (Å²) in [6.07, 6.45) is 0. The van der Waals surface area contributed by atoms with Crippen molar-refractivity contribution in [3.8, 4) is 0 Å². The second-order valence-corrected chi connectivity index (χ2v) is 6.54. The van der Waals surface area contributed by atoms with Crippen LogP contribution in [0.4, 0.5) is 0 Å². The molecule has 26 heavy (non-hydrogen) atoms. The minimum atomic E-state index is -0.152. The zero-order valence-electron chi connectivity index (χ0n) is 15.0. The van der Waals surface area contributed by atoms with Crippen molar-refractivity contribution in [1.29, 1.82) is 0 Å². The fraction of sp³-hybridized carbons (Fsp3) is 0.250. The number of para-hydroxylation sites is 1. The number of rotatable bonds is 6. The van der Waals surface area contributed by atoms with Gasteiger partial charge < -0.3 is 15.2 Å². The first kappa shape index (κ1) is 17.8. The van der Waals surface area contributed by atoms with Crippen LogP contribution in [0.5, 0.6) is 0 Å². The van der Waals surface area contributed by atoms with Gasteiger partial charge in [0.2, 0.25) is 0 Å². The molecule has 1 aromatic heterocycles. The average Bonchev–Trinajstić information content (AvgIpc) is 2.62. The number of hydrogen-bond donors (Lipinski definition) is 3. The van der Waals surface area contributed by atoms with Crippen molar-refractivity contribution in [2.24, 2.45) is 0 Å². The molecule has 3 aromatic rings. The Labute approximate surface area is 151 Å². The number of benzene rings is 2. The van der Waals surface area contributed by atoms with Crippen molar-refractivity contribution in [1.82, 2.24) is 15.3 Å². The lowest BCUT2D eigenvalue weighted by Gasteiger charge is -2.17. The summed E-state index contributed by atoms with van der Waals surface area (Å²) in [6, 6.07) is 17.0. The van der Waals surface area contributed by atoms with Gasteiger partial charge in [0, 0.05) is 0 Å². The second kappa shape index (κ2) is 7.93. The van der Waals surface area contributed by atoms with Crippen LogP contribution in [-0.4, -0.2) is 29.5 Å². The van der Waals surface area contributed by atoms with Crippen molar-refractivity contribution in [3.63, 3.8) is 0 Å². The van der Waals surface area contributed by atoms with Gasteiger partial charge in [-0.05, 0) is 24.6 Å². The number of likely N-dealkylation sites (N-methyl/N-ethyl adjacent to an activating group) is 1. The van der Waals surface area contributed by atoms with Crippen molar-refractivity contribution in [2.45, 2.75) is 19.5 Å². The van der Waals surface area contributed by atoms with E-state index in [4.69, 9.17) is 0 Å². The molecule has 1 unspecified atom stereocenters. The highest BCUT2D eigenvalue weighted by atomic mass is 16.2. The van der Waals surface area contributed by atoms with Crippen molar-refractivity contribution < 1.29 is 9.69 Å². The second-order valence-electron chi connectivity index (χ2n) is 6.54. The molecular weight excluding hydrogens is 328 g/mol. The highest BCUT2D eigenvalue weighted by molar-refractivity contribution is 5.77. The van der Waals surface area contributed by atoms with Gasteiger partial charge in [0.05, 0.1) is 24.0 Å². The Hall–Kier alpha value is -2.99. The molecule has 0 radical (unpaired) electrons. The zero-order chi connectivity index (χ0) is 18.5. The number of carbonyl (C=O) groups excluding carboxylic acids is 1. The molecule has 3 rings (SSSR count). The molecule has 0 aliphatic carbocycles. The molecule has 134 valence electrons. The molecule has 6 heteroatoms. The lowest BCUT2D eigenvalue weighted by atomic mass is 10.1. The summed E-state index contributed by atoms with van der Waals surface area (Å²) in [4.78, 5) is 32.6. The molecule has 2 atom stereocenters. The molecule has 0 fully saturated rings. The number of amides is 1. The molecule has 0 saturated heterocycles. The highest BCUT2D eigenvalue weighted by Crippen LogP contribution is 2.10. The van der Waals surface area contributed by atoms with E-state index in [2.05, 4.69) is 15.3 Å². The number of aromatic nitrogens is 2. The maximum absolute atomic E-state index is 12.3. The number of fused-ring (bicyclic) bond motifs is 1. The third-order valence-electron chi connectivity index (χ3n) is 4.27. The van der Waals surface area contributed by atoms with Gasteiger partial charge in [0.15, 0.2) is 12.4 Å². The van der Waals surface area contributed by atoms with Crippen LogP contribution < -0.4 is 15.8 Å². The SMILES string of the molecule is C[C@H](NC(=O)C[NH+](C)Cc1nc2ccccc2c(=O)[nH]1)c1ccccc1. The number of nitrogens with one attached hydrogen (secondary N) is 3. The molecule has 3 N–H and O–H groups in total. The molecule has 0 aliphatic heterocycles. The Bertz CT molecular complexity index is 953. The molecule has 1 amide bonds. The van der Waals surface area contributed by atoms with Crippen LogP contribution in [0.3, 0.4) is 0 Å². The van der Waals surface area contributed by atoms with E-state index in [-0.39, 0.29) is 17.5 Å². The molecule has 2 aromatic carbocycles. The van der Waals surface area contributed by atoms with Crippen LogP contribution in [0.15, 0.2) is 59.4 Å². The first-order valence-electron chi connectivity index (χ1n) is 8.66. The number of nitrogens with zero attached hydrogens (tertiary/aromatic N) is 1. The van der Waals surface area contributed by atoms with Crippen LogP contribution in [0.25, 0.3) is 10.9 Å². The lowest BCUT2D eigenvalue weighted by Crippen LogP contribution is -3.09. The summed E-state index contributed by atoms with van der Waals surface area (Å²) in [5.41, 5.74) is 1.58. The molecule has 0 aliphatic rings. The van der Waals surface area contributed by atoms with Gasteiger partial charge in [-0.2, -0.15) is 0 Å². The minimum absolute atomic E-state index is 0.0398. The lowest BCUT2D eigenvalue weighted by molar-refractivity contribution is -0.886. The standard InChI is InChI=1S/C20H22N4O2/c1-14(15-8-4-3-5-9-15)21-19(25)13-24(2)12-18-22-17-11-7-6-10-16(17)20(26)23-18/h3-11,14H,12-13H2,1-2H3,(H,21,25)(H,22,23,26)/p+1/t14-/m0/s1. The monoisotopic (exact) mass is 351 g/mol. The summed E-state index contributed by atoms with van der Waals surface area (Å²) in [5.74, 6) is 0.539. The molecule has 0 saturated carbocycles. The molecule has 6 nitrogen and oxygen atoms in total. The first-order chi connectivity index (χ1) is 12.5. The van der Waals surface area contributed by atoms with Crippen LogP contribution in [-0.2, 0) is 11.3 Å². The van der Waals surface area contributed by atoms with E-state index < -0.39 is 0 Å². The van der Waals surface area contributed by atoms with E-state index in [1.54, 1.807) is 6.07 Å². The highest BCUT2D eigenvalue weighted by Gasteiger charge is 2.15. The van der Waals surface area contributed by atoms with E-state index in [1.165, 1.54) is 0 Å². The van der Waals surface area contributed by atoms with Gasteiger partial charge in [-0.25, -0.2) is 4.98 Å². The number of quaternary nitrogens is 1. The molecule has 0 spiro atoms. The van der Waals surface area contributed by atoms with Gasteiger partial charge >= 0.3 is 0 Å². The van der Waals surface area contributed by atoms with E-state index in [1.807, 2.05) is 62.5 Å². The predicted octanol–water partition coefficient (Wildman–Crippen LogP) is 0.815. The van der Waals surface area contributed by atoms with Crippen LogP contribution in [0.2, 0.25) is 0 Å². The number of hydrogen-bond acceptors (Lipinski definition) is 3. The van der Waals surface area contributed by atoms with Crippen molar-refractivity contribution >= 4 is 16.8 Å². The fourth-order valence-electron chi connectivity index (χ4n) is 2.96. The van der Waals surface area contributed by atoms with E-state index >= 15 is 0 Å². The molecular formula is C20H23N4O2+. The first-order valence-corrected chi connectivity index (χ1v) is 8.66. The summed E-state index contributed by atoms with van der Waals surface area (Å²) >= 11 is 0. The predicted molar refractivity (Wildman–Crippen MR) is 101 cm³/mol. The topological polar surface area (TPSA) is 79.3 Å². The summed E-state index contributed by atoms with van der Waals surface area (Å²) in [6.45, 7) is 2.73. The van der Waals surface area contributed by atoms with Crippen LogP contribution >= 0.6 is 0 Å². The zero-order valence-corrected chi connectivity index (χ0v) is 15.0. The van der Waals surface area contributed by atoms with E-state index in [0.29, 0.717) is 29.8 Å². The summed E-state index contributed by atoms with van der Waals surface area (Å²) < 4.78 is 0. The minimum Gasteiger partial charge on any atom is -0.345 e. The van der Waals surface area contributed by atoms with E-state index in [9.17, 15) is 9.59 Å². The Morgan fingerprint density at radius 1 is 1.15 bits per heavy atom. The molecule has 1 heterocycles. The summed E-state index contributed by atoms with van der Waals surface area (Å²) in [7, 11) is 1.90. The van der Waals surface area contributed by atoms with Crippen LogP contribution in [0, 0.1) is 0 Å². The maximum Gasteiger partial charge on any atom is 0.275 e. The van der Waals surface area contributed by atoms with E-state index in [0.717, 1.165) is 10.5 Å². The average molecular weight is 351 g/mol. The van der Waals surface area contributed by atoms with Gasteiger partial charge in [-0.1, -0.05) is 42.5 Å². The van der Waals surface area contributed by atoms with Crippen LogP contribution in [0.1, 0.15) is 24.4 Å². The Morgan fingerprint density at radius 3 is 2.62 bits per heavy atom. The number of aromatic amines is 1. The normalized spacial score (nSPS) is 13.3. The van der Waals surface area contributed by atoms with Gasteiger partial charge in [0.25, 0.3) is 11.5 Å². The Morgan fingerprint density at radius 2 is 1.85 bits per heavy atom. The quantitative estimate of drug-likeness (QED) is 0.615. The molecule has 0 bridgehead atoms. The summed E-state index contributed by atoms with van der Waals surface area (Å²) in [5, 5.41) is 3.57. The Kier molecular flexibility index (Phi) is 5.43. The van der Waals surface area contributed by atoms with Crippen molar-refractivity contribution in [3.05, 3.63) is 76.3 Å². The number of carbonyl (C=O) groups is 1. The maximum atomic E-state index is 12.3. The number of H-pyrrole nitrogens is 1. The smallest absolute Gasteiger partial charge is 0.275 e. The fourth-order valence-corrected chi connectivity index (χ4v) is 2.96. The third-order valence-corrected chi connectivity index (χ3v) is 4.27. The van der Waals surface area contributed by atoms with Gasteiger partial charge in [-0.3, -0.25) is 9.59 Å². The van der Waals surface area contributed by atoms with Gasteiger partial charge in [0.1, 0.15) is 6.54 Å². The largest absolute Gasteiger partial charge is 0.345 e. The Balaban J connectivity index is 1.61. The third kappa shape index (κ3) is 4.34.